The average Bonchev–Trinajstić information content (AvgIpc) is 2.81. The minimum Gasteiger partial charge on any atom is -0.245 e. The van der Waals surface area contributed by atoms with Crippen molar-refractivity contribution in [2.75, 3.05) is 0 Å². The highest BCUT2D eigenvalue weighted by Gasteiger charge is 2.22. The van der Waals surface area contributed by atoms with Crippen LogP contribution in [0.3, 0.4) is 0 Å². The summed E-state index contributed by atoms with van der Waals surface area (Å²) in [6.45, 7) is 6.47. The minimum absolute atomic E-state index is 0.00762. The highest BCUT2D eigenvalue weighted by atomic mass is 32.1. The van der Waals surface area contributed by atoms with Gasteiger partial charge in [0.05, 0.1) is 23.2 Å². The lowest BCUT2D eigenvalue weighted by Crippen LogP contribution is -2.14. The Morgan fingerprint density at radius 1 is 1.15 bits per heavy atom. The summed E-state index contributed by atoms with van der Waals surface area (Å²) in [6.07, 6.45) is 2.42. The number of rotatable bonds is 4. The fraction of sp³-hybridized carbons (Fsp3) is 0.412. The third-order valence-corrected chi connectivity index (χ3v) is 4.28. The number of nitrogens with zero attached hydrogens (tertiary/aromatic N) is 2. The lowest BCUT2D eigenvalue weighted by atomic mass is 9.91. The molecule has 2 aromatic rings. The van der Waals surface area contributed by atoms with Crippen molar-refractivity contribution in [1.29, 1.82) is 5.26 Å². The molecule has 0 spiro atoms. The highest BCUT2D eigenvalue weighted by Crippen LogP contribution is 2.30. The molecule has 2 nitrogen and oxygen atoms in total. The lowest BCUT2D eigenvalue weighted by Gasteiger charge is -2.16. The number of thiazole rings is 1. The van der Waals surface area contributed by atoms with Crippen LogP contribution in [-0.4, -0.2) is 4.98 Å². The zero-order valence-corrected chi connectivity index (χ0v) is 13.1. The van der Waals surface area contributed by atoms with Gasteiger partial charge in [-0.05, 0) is 12.0 Å². The van der Waals surface area contributed by atoms with Crippen molar-refractivity contribution in [3.05, 3.63) is 51.5 Å². The second-order valence-electron chi connectivity index (χ2n) is 5.95. The zero-order valence-electron chi connectivity index (χ0n) is 12.3. The predicted molar refractivity (Wildman–Crippen MR) is 84.0 cm³/mol. The van der Waals surface area contributed by atoms with Gasteiger partial charge in [-0.1, -0.05) is 51.1 Å². The molecule has 0 amide bonds. The molecule has 1 heterocycles. The molecule has 0 unspecified atom stereocenters. The summed E-state index contributed by atoms with van der Waals surface area (Å²) in [5, 5.41) is 10.1. The Kier molecular flexibility index (Phi) is 4.57. The molecule has 0 radical (unpaired) electrons. The number of hydrogen-bond acceptors (Lipinski definition) is 3. The van der Waals surface area contributed by atoms with Gasteiger partial charge in [-0.15, -0.1) is 11.3 Å². The largest absolute Gasteiger partial charge is 0.245 e. The molecule has 3 heteroatoms. The third kappa shape index (κ3) is 3.68. The van der Waals surface area contributed by atoms with E-state index in [0.29, 0.717) is 6.42 Å². The molecule has 0 aliphatic heterocycles. The Labute approximate surface area is 125 Å². The number of nitriles is 1. The van der Waals surface area contributed by atoms with Gasteiger partial charge >= 0.3 is 0 Å². The van der Waals surface area contributed by atoms with E-state index in [-0.39, 0.29) is 5.41 Å². The van der Waals surface area contributed by atoms with Crippen LogP contribution in [0.25, 0.3) is 0 Å². The van der Waals surface area contributed by atoms with Crippen molar-refractivity contribution < 1.29 is 0 Å². The van der Waals surface area contributed by atoms with Gasteiger partial charge in [0.15, 0.2) is 0 Å². The summed E-state index contributed by atoms with van der Waals surface area (Å²) < 4.78 is 0. The van der Waals surface area contributed by atoms with Crippen molar-refractivity contribution in [2.45, 2.75) is 45.4 Å². The van der Waals surface area contributed by atoms with Crippen LogP contribution in [0.1, 0.15) is 41.9 Å². The van der Waals surface area contributed by atoms with Crippen molar-refractivity contribution in [3.8, 4) is 6.07 Å². The van der Waals surface area contributed by atoms with Crippen LogP contribution in [0.15, 0.2) is 30.3 Å². The maximum absolute atomic E-state index is 8.96. The second-order valence-corrected chi connectivity index (χ2v) is 7.12. The molecule has 0 aliphatic carbocycles. The van der Waals surface area contributed by atoms with Crippen LogP contribution >= 0.6 is 11.3 Å². The van der Waals surface area contributed by atoms with Gasteiger partial charge in [-0.25, -0.2) is 4.98 Å². The van der Waals surface area contributed by atoms with E-state index in [9.17, 15) is 0 Å². The summed E-state index contributed by atoms with van der Waals surface area (Å²) in [7, 11) is 0. The van der Waals surface area contributed by atoms with Crippen LogP contribution in [0.4, 0.5) is 0 Å². The molecular formula is C17H20N2S. The fourth-order valence-electron chi connectivity index (χ4n) is 2.18. The van der Waals surface area contributed by atoms with E-state index in [2.05, 4.69) is 51.1 Å². The summed E-state index contributed by atoms with van der Waals surface area (Å²) in [4.78, 5) is 5.91. The molecular weight excluding hydrogens is 264 g/mol. The average molecular weight is 284 g/mol. The number of benzene rings is 1. The smallest absolute Gasteiger partial charge is 0.0935 e. The second kappa shape index (κ2) is 6.19. The van der Waals surface area contributed by atoms with Gasteiger partial charge in [-0.2, -0.15) is 5.26 Å². The predicted octanol–water partition coefficient (Wildman–Crippen LogP) is 4.29. The Bertz CT molecular complexity index is 600. The molecule has 0 aliphatic rings. The molecule has 0 N–H and O–H groups in total. The molecule has 0 fully saturated rings. The van der Waals surface area contributed by atoms with Gasteiger partial charge in [0.1, 0.15) is 0 Å². The van der Waals surface area contributed by atoms with Crippen molar-refractivity contribution >= 4 is 11.3 Å². The van der Waals surface area contributed by atoms with Gasteiger partial charge in [0.2, 0.25) is 0 Å². The highest BCUT2D eigenvalue weighted by molar-refractivity contribution is 7.11. The Morgan fingerprint density at radius 2 is 1.85 bits per heavy atom. The standard InChI is InChI=1S/C17H20N2S/c1-17(2,3)16-14(11-12-18)20-15(19-16)10-9-13-7-5-4-6-8-13/h4-8H,9-11H2,1-3H3. The quantitative estimate of drug-likeness (QED) is 0.839. The first kappa shape index (κ1) is 14.7. The lowest BCUT2D eigenvalue weighted by molar-refractivity contribution is 0.566. The van der Waals surface area contributed by atoms with E-state index in [1.807, 2.05) is 6.07 Å². The van der Waals surface area contributed by atoms with Crippen LogP contribution < -0.4 is 0 Å². The van der Waals surface area contributed by atoms with E-state index in [4.69, 9.17) is 10.2 Å². The number of hydrogen-bond donors (Lipinski definition) is 0. The van der Waals surface area contributed by atoms with E-state index < -0.39 is 0 Å². The molecule has 0 atom stereocenters. The van der Waals surface area contributed by atoms with E-state index in [1.165, 1.54) is 5.56 Å². The summed E-state index contributed by atoms with van der Waals surface area (Å²) >= 11 is 1.70. The Hall–Kier alpha value is -1.66. The molecule has 1 aromatic carbocycles. The summed E-state index contributed by atoms with van der Waals surface area (Å²) in [6, 6.07) is 12.7. The fourth-order valence-corrected chi connectivity index (χ4v) is 3.39. The van der Waals surface area contributed by atoms with Crippen LogP contribution in [0, 0.1) is 11.3 Å². The van der Waals surface area contributed by atoms with Gasteiger partial charge in [-0.3, -0.25) is 0 Å². The van der Waals surface area contributed by atoms with E-state index >= 15 is 0 Å². The molecule has 2 rings (SSSR count). The topological polar surface area (TPSA) is 36.7 Å². The molecule has 0 saturated heterocycles. The SMILES string of the molecule is CC(C)(C)c1nc(CCc2ccccc2)sc1CC#N. The Balaban J connectivity index is 2.15. The summed E-state index contributed by atoms with van der Waals surface area (Å²) in [5.41, 5.74) is 2.43. The first-order valence-electron chi connectivity index (χ1n) is 6.90. The third-order valence-electron chi connectivity index (χ3n) is 3.16. The molecule has 0 bridgehead atoms. The number of aromatic nitrogens is 1. The normalized spacial score (nSPS) is 11.3. The number of aryl methyl sites for hydroxylation is 2. The van der Waals surface area contributed by atoms with Crippen LogP contribution in [-0.2, 0) is 24.7 Å². The molecule has 104 valence electrons. The van der Waals surface area contributed by atoms with Crippen molar-refractivity contribution in [2.24, 2.45) is 0 Å². The van der Waals surface area contributed by atoms with Crippen molar-refractivity contribution in [1.82, 2.24) is 4.98 Å². The molecule has 20 heavy (non-hydrogen) atoms. The maximum atomic E-state index is 8.96. The maximum Gasteiger partial charge on any atom is 0.0935 e. The molecule has 0 saturated carbocycles. The van der Waals surface area contributed by atoms with Gasteiger partial charge < -0.3 is 0 Å². The monoisotopic (exact) mass is 284 g/mol. The minimum atomic E-state index is 0.00762. The Morgan fingerprint density at radius 3 is 2.45 bits per heavy atom. The zero-order chi connectivity index (χ0) is 14.6. The first-order chi connectivity index (χ1) is 9.50. The van der Waals surface area contributed by atoms with E-state index in [1.54, 1.807) is 11.3 Å². The van der Waals surface area contributed by atoms with Gasteiger partial charge in [0.25, 0.3) is 0 Å². The van der Waals surface area contributed by atoms with E-state index in [0.717, 1.165) is 28.4 Å². The van der Waals surface area contributed by atoms with Crippen LogP contribution in [0.2, 0.25) is 0 Å². The molecule has 1 aromatic heterocycles. The first-order valence-corrected chi connectivity index (χ1v) is 7.72. The summed E-state index contributed by atoms with van der Waals surface area (Å²) in [5.74, 6) is 0. The van der Waals surface area contributed by atoms with Crippen LogP contribution in [0.5, 0.6) is 0 Å². The van der Waals surface area contributed by atoms with Crippen molar-refractivity contribution in [3.63, 3.8) is 0 Å². The van der Waals surface area contributed by atoms with Gasteiger partial charge in [0, 0.05) is 16.7 Å².